The fourth-order valence-corrected chi connectivity index (χ4v) is 8.16. The number of carbonyl (C=O) groups excluding carboxylic acids is 5. The van der Waals surface area contributed by atoms with Crippen LogP contribution in [0.5, 0.6) is 17.2 Å². The molecular weight excluding hydrogens is 756 g/mol. The van der Waals surface area contributed by atoms with E-state index >= 15 is 0 Å². The minimum atomic E-state index is -2.41. The topological polar surface area (TPSA) is 296 Å². The predicted molar refractivity (Wildman–Crippen MR) is 190 cm³/mol. The highest BCUT2D eigenvalue weighted by Gasteiger charge is 2.51. The third kappa shape index (κ3) is 7.76. The van der Waals surface area contributed by atoms with Crippen LogP contribution in [0.4, 0.5) is 0 Å². The number of fused-ring (bicyclic) bond motifs is 3. The fourth-order valence-electron chi connectivity index (χ4n) is 8.16. The van der Waals surface area contributed by atoms with Crippen LogP contribution in [0, 0.1) is 0 Å². The van der Waals surface area contributed by atoms with E-state index in [1.165, 1.54) is 37.3 Å². The molecule has 8 N–H and O–H groups in total. The zero-order chi connectivity index (χ0) is 41.5. The average molecular weight is 801 g/mol. The summed E-state index contributed by atoms with van der Waals surface area (Å²) in [5, 5.41) is 77.9. The Balaban J connectivity index is 1.28. The molecule has 2 aromatic carbocycles. The van der Waals surface area contributed by atoms with Gasteiger partial charge in [-0.25, -0.2) is 0 Å². The number of aliphatic hydroxyl groups is 4. The number of amides is 1. The summed E-state index contributed by atoms with van der Waals surface area (Å²) in [5.41, 5.74) is -4.40. The number of phenolic OH excluding ortho intramolecular Hbond substituents is 2. The van der Waals surface area contributed by atoms with E-state index in [1.807, 2.05) is 0 Å². The van der Waals surface area contributed by atoms with Crippen molar-refractivity contribution in [3.63, 3.8) is 0 Å². The van der Waals surface area contributed by atoms with Gasteiger partial charge < -0.3 is 64.9 Å². The van der Waals surface area contributed by atoms with Gasteiger partial charge in [0.05, 0.1) is 48.6 Å². The molecule has 0 spiro atoms. The number of carbonyl (C=O) groups is 6. The van der Waals surface area contributed by atoms with Gasteiger partial charge in [0, 0.05) is 74.9 Å². The van der Waals surface area contributed by atoms with Crippen LogP contribution in [-0.4, -0.2) is 152 Å². The van der Waals surface area contributed by atoms with E-state index in [0.29, 0.717) is 0 Å². The molecule has 19 nitrogen and oxygen atoms in total. The van der Waals surface area contributed by atoms with Crippen LogP contribution >= 0.6 is 0 Å². The Morgan fingerprint density at radius 3 is 2.39 bits per heavy atom. The molecule has 2 aromatic rings. The smallest absolute Gasteiger partial charge is 0.303 e. The Morgan fingerprint density at radius 1 is 1.00 bits per heavy atom. The molecule has 2 heterocycles. The third-order valence-corrected chi connectivity index (χ3v) is 11.0. The summed E-state index contributed by atoms with van der Waals surface area (Å²) in [6.07, 6.45) is -8.73. The second kappa shape index (κ2) is 16.5. The van der Waals surface area contributed by atoms with Crippen molar-refractivity contribution in [1.29, 1.82) is 0 Å². The predicted octanol–water partition coefficient (Wildman–Crippen LogP) is -0.998. The minimum Gasteiger partial charge on any atom is -0.507 e. The second-order valence-electron chi connectivity index (χ2n) is 14.5. The van der Waals surface area contributed by atoms with Gasteiger partial charge in [-0.1, -0.05) is 12.1 Å². The van der Waals surface area contributed by atoms with Crippen LogP contribution in [0.25, 0.3) is 0 Å². The van der Waals surface area contributed by atoms with Gasteiger partial charge in [-0.05, 0) is 12.5 Å². The first-order chi connectivity index (χ1) is 27.0. The maximum atomic E-state index is 14.0. The molecule has 2 aliphatic carbocycles. The summed E-state index contributed by atoms with van der Waals surface area (Å²) in [6.45, 7) is -1.66. The van der Waals surface area contributed by atoms with Gasteiger partial charge in [0.2, 0.25) is 11.7 Å². The number of ketones is 4. The van der Waals surface area contributed by atoms with Crippen LogP contribution in [0.2, 0.25) is 0 Å². The first-order valence-electron chi connectivity index (χ1n) is 18.3. The highest BCUT2D eigenvalue weighted by Crippen LogP contribution is 2.52. The molecule has 308 valence electrons. The normalized spacial score (nSPS) is 28.0. The summed E-state index contributed by atoms with van der Waals surface area (Å²) >= 11 is 0. The number of carboxylic acids is 1. The molecule has 0 bridgehead atoms. The number of hydrogen-bond donors (Lipinski definition) is 8. The quantitative estimate of drug-likeness (QED) is 0.0907. The Hall–Kier alpha value is -4.86. The van der Waals surface area contributed by atoms with Crippen LogP contribution in [0.3, 0.4) is 0 Å². The molecule has 0 aromatic heterocycles. The number of nitrogens with zero attached hydrogens (tertiary/aromatic N) is 1. The summed E-state index contributed by atoms with van der Waals surface area (Å²) < 4.78 is 22.7. The molecule has 2 aliphatic heterocycles. The lowest BCUT2D eigenvalue weighted by Crippen LogP contribution is -2.57. The van der Waals surface area contributed by atoms with E-state index in [0.717, 1.165) is 0 Å². The van der Waals surface area contributed by atoms with Crippen LogP contribution in [0.15, 0.2) is 18.2 Å². The van der Waals surface area contributed by atoms with Crippen molar-refractivity contribution in [1.82, 2.24) is 10.2 Å². The second-order valence-corrected chi connectivity index (χ2v) is 14.5. The van der Waals surface area contributed by atoms with Gasteiger partial charge in [0.1, 0.15) is 35.6 Å². The lowest BCUT2D eigenvalue weighted by Gasteiger charge is -2.43. The van der Waals surface area contributed by atoms with Crippen LogP contribution in [-0.2, 0) is 39.8 Å². The molecule has 0 saturated carbocycles. The van der Waals surface area contributed by atoms with Crippen molar-refractivity contribution in [3.8, 4) is 17.2 Å². The summed E-state index contributed by atoms with van der Waals surface area (Å²) in [4.78, 5) is 79.0. The minimum absolute atomic E-state index is 0.0276. The number of methoxy groups -OCH3 is 2. The zero-order valence-electron chi connectivity index (χ0n) is 31.0. The largest absolute Gasteiger partial charge is 0.507 e. The molecule has 2 fully saturated rings. The Bertz CT molecular complexity index is 1980. The van der Waals surface area contributed by atoms with E-state index in [-0.39, 0.29) is 66.7 Å². The molecule has 57 heavy (non-hydrogen) atoms. The van der Waals surface area contributed by atoms with E-state index in [1.54, 1.807) is 0 Å². The van der Waals surface area contributed by atoms with E-state index in [2.05, 4.69) is 5.32 Å². The van der Waals surface area contributed by atoms with Crippen molar-refractivity contribution in [3.05, 3.63) is 51.6 Å². The Morgan fingerprint density at radius 2 is 1.72 bits per heavy atom. The lowest BCUT2D eigenvalue weighted by molar-refractivity contribution is -0.310. The summed E-state index contributed by atoms with van der Waals surface area (Å²) in [6, 6.07) is 2.19. The Labute approximate surface area is 324 Å². The maximum Gasteiger partial charge on any atom is 0.303 e. The molecule has 1 amide bonds. The molecule has 8 atom stereocenters. The molecule has 4 unspecified atom stereocenters. The third-order valence-electron chi connectivity index (χ3n) is 11.0. The molecule has 6 rings (SSSR count). The monoisotopic (exact) mass is 800 g/mol. The standard InChI is InChI=1S/C38H44N2O17/c1-54-22-6-3-5-17-28(22)35(51)31-30(32(17)48)33(49)18-11-38(53,24(44)15-41)12-23(29(18)36(31)52)56-27-10-19(34(50)37(55-2)57-27)39-13-21(43)20-9-16(42)14-40(20)25(45)7-4-8-26(46)47/h3,5-6,16,19-20,23,27,34,37,39,41-42,49-50,52-53H,4,7-15H2,1-2H3,(H,46,47)/t16-,19?,20+,23+,27?,34?,37?,38+/m1/s1. The molecule has 2 saturated heterocycles. The number of ether oxygens (including phenoxy) is 4. The van der Waals surface area contributed by atoms with Crippen molar-refractivity contribution in [2.75, 3.05) is 33.9 Å². The van der Waals surface area contributed by atoms with Crippen molar-refractivity contribution in [2.45, 2.75) is 93.5 Å². The number of phenols is 2. The van der Waals surface area contributed by atoms with Gasteiger partial charge in [0.25, 0.3) is 0 Å². The van der Waals surface area contributed by atoms with Crippen LogP contribution < -0.4 is 10.1 Å². The van der Waals surface area contributed by atoms with E-state index < -0.39 is 132 Å². The van der Waals surface area contributed by atoms with Crippen LogP contribution in [0.1, 0.15) is 87.6 Å². The molecule has 19 heteroatoms. The number of aliphatic hydroxyl groups excluding tert-OH is 3. The van der Waals surface area contributed by atoms with E-state index in [4.69, 9.17) is 24.1 Å². The molecular formula is C38H44N2O17. The zero-order valence-corrected chi connectivity index (χ0v) is 31.0. The van der Waals surface area contributed by atoms with Gasteiger partial charge in [-0.15, -0.1) is 0 Å². The number of rotatable bonds is 14. The average Bonchev–Trinajstić information content (AvgIpc) is 3.58. The lowest BCUT2D eigenvalue weighted by atomic mass is 9.72. The number of hydrogen-bond acceptors (Lipinski definition) is 17. The Kier molecular flexibility index (Phi) is 12.1. The number of carboxylic acid groups (broad SMARTS) is 1. The number of Topliss-reactive ketones (excluding diaryl/α,β-unsaturated/α-hetero) is 2. The first kappa shape index (κ1) is 41.8. The number of β-amino-alcohol motifs (C(OH)–C–C–N with tert-alkyl or cyclic N) is 1. The van der Waals surface area contributed by atoms with Crippen molar-refractivity contribution < 1.29 is 83.5 Å². The number of likely N-dealkylation sites (tertiary alicyclic amines) is 1. The number of benzene rings is 2. The van der Waals surface area contributed by atoms with Gasteiger partial charge in [0.15, 0.2) is 29.9 Å². The van der Waals surface area contributed by atoms with Gasteiger partial charge in [-0.3, -0.25) is 28.8 Å². The van der Waals surface area contributed by atoms with E-state index in [9.17, 15) is 59.4 Å². The number of nitrogens with one attached hydrogen (secondary N) is 1. The molecule has 0 radical (unpaired) electrons. The molecule has 4 aliphatic rings. The first-order valence-corrected chi connectivity index (χ1v) is 18.3. The van der Waals surface area contributed by atoms with Crippen molar-refractivity contribution in [2.24, 2.45) is 0 Å². The summed E-state index contributed by atoms with van der Waals surface area (Å²) in [5.74, 6) is -6.43. The summed E-state index contributed by atoms with van der Waals surface area (Å²) in [7, 11) is 2.50. The number of aliphatic carboxylic acids is 1. The number of aromatic hydroxyl groups is 2. The fraction of sp³-hybridized carbons (Fsp3) is 0.526. The van der Waals surface area contributed by atoms with Gasteiger partial charge in [-0.2, -0.15) is 0 Å². The van der Waals surface area contributed by atoms with Gasteiger partial charge >= 0.3 is 5.97 Å². The van der Waals surface area contributed by atoms with Crippen molar-refractivity contribution >= 4 is 35.0 Å². The SMILES string of the molecule is COc1cccc2c1C(=O)c1c(O)c3c(c(O)c1C2=O)C[C@@](O)(C(=O)CO)C[C@@H]3OC1CC(NCC(=O)[C@@H]2C[C@@H](O)CN2C(=O)CCCC(=O)O)C(O)C(OC)O1. The highest BCUT2D eigenvalue weighted by molar-refractivity contribution is 6.31. The maximum absolute atomic E-state index is 14.0. The highest BCUT2D eigenvalue weighted by atomic mass is 16.8.